The Morgan fingerprint density at radius 2 is 0.898 bits per heavy atom. The van der Waals surface area contributed by atoms with E-state index in [9.17, 15) is 0 Å². The molecule has 59 heavy (non-hydrogen) atoms. The molecule has 0 bridgehead atoms. The first-order valence-electron chi connectivity index (χ1n) is 20.7. The second-order valence-electron chi connectivity index (χ2n) is 16.4. The molecule has 0 atom stereocenters. The lowest BCUT2D eigenvalue weighted by atomic mass is 9.80. The number of rotatable bonds is 6. The van der Waals surface area contributed by atoms with Crippen molar-refractivity contribution in [2.45, 2.75) is 19.3 Å². The first kappa shape index (κ1) is 34.9. The summed E-state index contributed by atoms with van der Waals surface area (Å²) < 4.78 is 0. The largest absolute Gasteiger partial charge is 0.0622 e. The predicted octanol–water partition coefficient (Wildman–Crippen LogP) is 16.0. The maximum absolute atomic E-state index is 2.46. The van der Waals surface area contributed by atoms with Gasteiger partial charge in [-0.05, 0) is 128 Å². The van der Waals surface area contributed by atoms with Crippen LogP contribution in [0.3, 0.4) is 0 Å². The zero-order valence-corrected chi connectivity index (χ0v) is 33.3. The summed E-state index contributed by atoms with van der Waals surface area (Å²) in [5, 5.41) is 7.55. The van der Waals surface area contributed by atoms with Crippen molar-refractivity contribution >= 4 is 44.0 Å². The van der Waals surface area contributed by atoms with Gasteiger partial charge >= 0.3 is 0 Å². The first-order valence-corrected chi connectivity index (χ1v) is 20.7. The molecule has 0 amide bonds. The third-order valence-electron chi connectivity index (χ3n) is 12.7. The summed E-state index contributed by atoms with van der Waals surface area (Å²) in [5.74, 6) is 0. The number of benzene rings is 10. The SMILES string of the molecule is CC1(C)c2ccccc2-c2c(-c3c4ccccc4c(-c4ccc(C=C(c5ccccc5)c5ccccc5)cc4)c4ccc(-c5ccc6ccccc6c5)cc34)cccc21. The summed E-state index contributed by atoms with van der Waals surface area (Å²) in [5.41, 5.74) is 17.7. The van der Waals surface area contributed by atoms with Gasteiger partial charge in [-0.3, -0.25) is 0 Å². The fourth-order valence-electron chi connectivity index (χ4n) is 9.77. The molecule has 0 saturated heterocycles. The van der Waals surface area contributed by atoms with Gasteiger partial charge in [0, 0.05) is 5.41 Å². The first-order chi connectivity index (χ1) is 29.0. The third-order valence-corrected chi connectivity index (χ3v) is 12.7. The maximum Gasteiger partial charge on any atom is 0.0159 e. The van der Waals surface area contributed by atoms with Crippen molar-refractivity contribution in [2.75, 3.05) is 0 Å². The molecule has 0 heterocycles. The van der Waals surface area contributed by atoms with Crippen LogP contribution in [-0.4, -0.2) is 0 Å². The van der Waals surface area contributed by atoms with Crippen LogP contribution in [0.1, 0.15) is 41.7 Å². The van der Waals surface area contributed by atoms with Gasteiger partial charge in [0.25, 0.3) is 0 Å². The zero-order valence-electron chi connectivity index (χ0n) is 33.3. The minimum atomic E-state index is -0.0964. The van der Waals surface area contributed by atoms with Gasteiger partial charge in [0.15, 0.2) is 0 Å². The summed E-state index contributed by atoms with van der Waals surface area (Å²) in [6.07, 6.45) is 2.32. The summed E-state index contributed by atoms with van der Waals surface area (Å²) in [6, 6.07) is 78.3. The predicted molar refractivity (Wildman–Crippen MR) is 253 cm³/mol. The van der Waals surface area contributed by atoms with Crippen LogP contribution in [-0.2, 0) is 5.41 Å². The van der Waals surface area contributed by atoms with E-state index >= 15 is 0 Å². The third kappa shape index (κ3) is 5.83. The highest BCUT2D eigenvalue weighted by molar-refractivity contribution is 6.23. The van der Waals surface area contributed by atoms with Crippen molar-refractivity contribution in [1.29, 1.82) is 0 Å². The van der Waals surface area contributed by atoms with Crippen LogP contribution in [0.15, 0.2) is 212 Å². The molecule has 0 unspecified atom stereocenters. The highest BCUT2D eigenvalue weighted by Gasteiger charge is 2.37. The molecule has 0 nitrogen and oxygen atoms in total. The van der Waals surface area contributed by atoms with Crippen LogP contribution >= 0.6 is 0 Å². The number of hydrogen-bond donors (Lipinski definition) is 0. The molecule has 278 valence electrons. The van der Waals surface area contributed by atoms with Gasteiger partial charge < -0.3 is 0 Å². The molecule has 0 heteroatoms. The van der Waals surface area contributed by atoms with E-state index in [-0.39, 0.29) is 5.41 Å². The average Bonchev–Trinajstić information content (AvgIpc) is 3.54. The molecule has 0 aliphatic heterocycles. The minimum Gasteiger partial charge on any atom is -0.0622 e. The van der Waals surface area contributed by atoms with Crippen molar-refractivity contribution in [1.82, 2.24) is 0 Å². The highest BCUT2D eigenvalue weighted by atomic mass is 14.4. The van der Waals surface area contributed by atoms with Crippen LogP contribution in [0.4, 0.5) is 0 Å². The molecule has 0 spiro atoms. The van der Waals surface area contributed by atoms with E-state index in [0.29, 0.717) is 0 Å². The van der Waals surface area contributed by atoms with E-state index in [2.05, 4.69) is 232 Å². The Hall–Kier alpha value is -7.28. The van der Waals surface area contributed by atoms with Gasteiger partial charge in [-0.15, -0.1) is 0 Å². The molecule has 1 aliphatic carbocycles. The molecule has 10 aromatic rings. The molecule has 0 radical (unpaired) electrons. The van der Waals surface area contributed by atoms with Gasteiger partial charge in [0.2, 0.25) is 0 Å². The van der Waals surface area contributed by atoms with Crippen LogP contribution in [0, 0.1) is 0 Å². The molecule has 0 N–H and O–H groups in total. The maximum atomic E-state index is 2.46. The smallest absolute Gasteiger partial charge is 0.0159 e. The lowest BCUT2D eigenvalue weighted by molar-refractivity contribution is 0.660. The molecule has 0 saturated carbocycles. The van der Waals surface area contributed by atoms with Crippen molar-refractivity contribution in [2.24, 2.45) is 0 Å². The van der Waals surface area contributed by atoms with Crippen LogP contribution in [0.2, 0.25) is 0 Å². The summed E-state index contributed by atoms with van der Waals surface area (Å²) >= 11 is 0. The van der Waals surface area contributed by atoms with E-state index < -0.39 is 0 Å². The Morgan fingerprint density at radius 1 is 0.356 bits per heavy atom. The van der Waals surface area contributed by atoms with E-state index in [4.69, 9.17) is 0 Å². The van der Waals surface area contributed by atoms with Crippen molar-refractivity contribution < 1.29 is 0 Å². The second-order valence-corrected chi connectivity index (χ2v) is 16.4. The van der Waals surface area contributed by atoms with Crippen molar-refractivity contribution in [3.63, 3.8) is 0 Å². The fourth-order valence-corrected chi connectivity index (χ4v) is 9.77. The van der Waals surface area contributed by atoms with Gasteiger partial charge in [-0.2, -0.15) is 0 Å². The normalized spacial score (nSPS) is 12.7. The van der Waals surface area contributed by atoms with E-state index in [1.54, 1.807) is 0 Å². The van der Waals surface area contributed by atoms with Gasteiger partial charge in [0.1, 0.15) is 0 Å². The Kier molecular flexibility index (Phi) is 8.27. The molecular weight excluding hydrogens is 709 g/mol. The second kappa shape index (κ2) is 14.0. The zero-order chi connectivity index (χ0) is 39.5. The van der Waals surface area contributed by atoms with Gasteiger partial charge in [0.05, 0.1) is 0 Å². The van der Waals surface area contributed by atoms with Crippen LogP contribution < -0.4 is 0 Å². The molecule has 0 fully saturated rings. The van der Waals surface area contributed by atoms with Gasteiger partial charge in [-0.1, -0.05) is 214 Å². The Balaban J connectivity index is 1.16. The number of fused-ring (bicyclic) bond motifs is 6. The lowest BCUT2D eigenvalue weighted by Crippen LogP contribution is -2.14. The fraction of sp³-hybridized carbons (Fsp3) is 0.0508. The van der Waals surface area contributed by atoms with Crippen LogP contribution in [0.25, 0.3) is 88.5 Å². The van der Waals surface area contributed by atoms with E-state index in [0.717, 1.165) is 0 Å². The van der Waals surface area contributed by atoms with Crippen molar-refractivity contribution in [3.8, 4) is 44.5 Å². The quantitative estimate of drug-likeness (QED) is 0.117. The molecule has 1 aliphatic rings. The lowest BCUT2D eigenvalue weighted by Gasteiger charge is -2.23. The summed E-state index contributed by atoms with van der Waals surface area (Å²) in [6.45, 7) is 4.75. The van der Waals surface area contributed by atoms with Crippen LogP contribution in [0.5, 0.6) is 0 Å². The van der Waals surface area contributed by atoms with E-state index in [1.165, 1.54) is 110 Å². The molecular formula is C59H42. The average molecular weight is 751 g/mol. The summed E-state index contributed by atoms with van der Waals surface area (Å²) in [4.78, 5) is 0. The van der Waals surface area contributed by atoms with Gasteiger partial charge in [-0.25, -0.2) is 0 Å². The highest BCUT2D eigenvalue weighted by Crippen LogP contribution is 2.54. The standard InChI is InChI=1S/C59H42/c1-59(2)54-26-14-13-24-50(54)58-51(25-15-27-55(58)59)57-48-23-12-11-22-47(48)56(49-35-34-46(38-53(49)57)45-33-32-40-16-9-10-21-44(40)37-45)43-30-28-39(29-31-43)36-52(41-17-5-3-6-18-41)42-19-7-4-8-20-42/h3-38H,1-2H3. The Labute approximate surface area is 346 Å². The monoisotopic (exact) mass is 750 g/mol. The molecule has 10 aromatic carbocycles. The van der Waals surface area contributed by atoms with E-state index in [1.807, 2.05) is 0 Å². The Morgan fingerprint density at radius 3 is 1.64 bits per heavy atom. The number of hydrogen-bond acceptors (Lipinski definition) is 0. The topological polar surface area (TPSA) is 0 Å². The van der Waals surface area contributed by atoms with Crippen molar-refractivity contribution in [3.05, 3.63) is 240 Å². The Bertz CT molecular complexity index is 3210. The summed E-state index contributed by atoms with van der Waals surface area (Å²) in [7, 11) is 0. The minimum absolute atomic E-state index is 0.0964. The molecule has 0 aromatic heterocycles. The molecule has 11 rings (SSSR count).